The van der Waals surface area contributed by atoms with Crippen molar-refractivity contribution in [1.82, 2.24) is 10.2 Å². The van der Waals surface area contributed by atoms with Crippen LogP contribution in [-0.4, -0.2) is 30.3 Å². The molecule has 0 radical (unpaired) electrons. The molecule has 0 fully saturated rings. The largest absolute Gasteiger partial charge is 0.497 e. The number of amides is 1. The van der Waals surface area contributed by atoms with E-state index in [1.165, 1.54) is 7.11 Å². The van der Waals surface area contributed by atoms with Crippen LogP contribution in [0, 0.1) is 13.8 Å². The van der Waals surface area contributed by atoms with Crippen molar-refractivity contribution in [2.24, 2.45) is 0 Å². The normalized spacial score (nSPS) is 10.3. The van der Waals surface area contributed by atoms with Crippen LogP contribution < -0.4 is 20.1 Å². The highest BCUT2D eigenvalue weighted by atomic mass is 16.5. The Morgan fingerprint density at radius 2 is 1.71 bits per heavy atom. The molecule has 7 nitrogen and oxygen atoms in total. The van der Waals surface area contributed by atoms with Crippen molar-refractivity contribution in [3.63, 3.8) is 0 Å². The second-order valence-corrected chi connectivity index (χ2v) is 6.27. The van der Waals surface area contributed by atoms with Crippen LogP contribution in [0.15, 0.2) is 48.5 Å². The van der Waals surface area contributed by atoms with Crippen LogP contribution in [0.1, 0.15) is 21.6 Å². The van der Waals surface area contributed by atoms with Crippen molar-refractivity contribution in [3.8, 4) is 11.5 Å². The molecule has 28 heavy (non-hydrogen) atoms. The molecule has 0 aliphatic carbocycles. The van der Waals surface area contributed by atoms with E-state index in [2.05, 4.69) is 20.8 Å². The zero-order chi connectivity index (χ0) is 20.1. The minimum atomic E-state index is -0.391. The third-order valence-electron chi connectivity index (χ3n) is 4.21. The molecular formula is C21H22N4O3. The zero-order valence-electron chi connectivity index (χ0n) is 16.2. The summed E-state index contributed by atoms with van der Waals surface area (Å²) in [5, 5.41) is 14.1. The second kappa shape index (κ2) is 8.39. The smallest absolute Gasteiger partial charge is 0.276 e. The van der Waals surface area contributed by atoms with Gasteiger partial charge in [0.05, 0.1) is 19.9 Å². The number of methoxy groups -OCH3 is 2. The molecule has 1 aromatic heterocycles. The van der Waals surface area contributed by atoms with E-state index in [0.717, 1.165) is 16.8 Å². The van der Waals surface area contributed by atoms with Crippen molar-refractivity contribution < 1.29 is 14.3 Å². The summed E-state index contributed by atoms with van der Waals surface area (Å²) in [4.78, 5) is 12.5. The molecule has 0 aliphatic rings. The fourth-order valence-corrected chi connectivity index (χ4v) is 2.63. The molecule has 0 spiro atoms. The highest BCUT2D eigenvalue weighted by Gasteiger charge is 2.13. The van der Waals surface area contributed by atoms with Crippen LogP contribution in [0.4, 0.5) is 17.2 Å². The Hall–Kier alpha value is -3.61. The lowest BCUT2D eigenvalue weighted by Gasteiger charge is -2.12. The maximum atomic E-state index is 12.5. The maximum Gasteiger partial charge on any atom is 0.276 e. The summed E-state index contributed by atoms with van der Waals surface area (Å²) in [6, 6.07) is 14.6. The van der Waals surface area contributed by atoms with E-state index in [1.54, 1.807) is 37.4 Å². The molecule has 0 saturated carbocycles. The SMILES string of the molecule is COc1ccc(OC)c(NC(=O)c2ccc(Nc3cc(C)ccc3C)nn2)c1. The van der Waals surface area contributed by atoms with Crippen LogP contribution in [-0.2, 0) is 0 Å². The lowest BCUT2D eigenvalue weighted by Crippen LogP contribution is -2.15. The summed E-state index contributed by atoms with van der Waals surface area (Å²) in [6.07, 6.45) is 0. The van der Waals surface area contributed by atoms with Gasteiger partial charge in [-0.3, -0.25) is 4.79 Å². The maximum absolute atomic E-state index is 12.5. The van der Waals surface area contributed by atoms with Gasteiger partial charge in [-0.25, -0.2) is 0 Å². The van der Waals surface area contributed by atoms with Crippen molar-refractivity contribution in [1.29, 1.82) is 0 Å². The number of nitrogens with one attached hydrogen (secondary N) is 2. The van der Waals surface area contributed by atoms with Gasteiger partial charge < -0.3 is 20.1 Å². The molecule has 0 unspecified atom stereocenters. The van der Waals surface area contributed by atoms with E-state index in [9.17, 15) is 4.79 Å². The van der Waals surface area contributed by atoms with E-state index in [4.69, 9.17) is 9.47 Å². The monoisotopic (exact) mass is 378 g/mol. The Kier molecular flexibility index (Phi) is 5.74. The summed E-state index contributed by atoms with van der Waals surface area (Å²) in [7, 11) is 3.09. The number of hydrogen-bond acceptors (Lipinski definition) is 6. The van der Waals surface area contributed by atoms with Gasteiger partial charge in [-0.1, -0.05) is 12.1 Å². The van der Waals surface area contributed by atoms with Crippen molar-refractivity contribution in [2.75, 3.05) is 24.9 Å². The lowest BCUT2D eigenvalue weighted by atomic mass is 10.1. The third-order valence-corrected chi connectivity index (χ3v) is 4.21. The topological polar surface area (TPSA) is 85.4 Å². The number of carbonyl (C=O) groups is 1. The van der Waals surface area contributed by atoms with Crippen molar-refractivity contribution in [2.45, 2.75) is 13.8 Å². The Morgan fingerprint density at radius 3 is 2.39 bits per heavy atom. The molecule has 2 aromatic carbocycles. The Labute approximate surface area is 163 Å². The quantitative estimate of drug-likeness (QED) is 0.671. The van der Waals surface area contributed by atoms with Gasteiger partial charge >= 0.3 is 0 Å². The molecule has 0 atom stereocenters. The van der Waals surface area contributed by atoms with Gasteiger partial charge in [-0.2, -0.15) is 0 Å². The average molecular weight is 378 g/mol. The first-order chi connectivity index (χ1) is 13.5. The van der Waals surface area contributed by atoms with Crippen LogP contribution >= 0.6 is 0 Å². The lowest BCUT2D eigenvalue weighted by molar-refractivity contribution is 0.102. The van der Waals surface area contributed by atoms with E-state index < -0.39 is 5.91 Å². The van der Waals surface area contributed by atoms with Crippen molar-refractivity contribution >= 4 is 23.1 Å². The number of ether oxygens (including phenoxy) is 2. The van der Waals surface area contributed by atoms with E-state index in [-0.39, 0.29) is 5.69 Å². The van der Waals surface area contributed by atoms with Gasteiger partial charge in [0.1, 0.15) is 11.5 Å². The second-order valence-electron chi connectivity index (χ2n) is 6.27. The van der Waals surface area contributed by atoms with Gasteiger partial charge in [0.25, 0.3) is 5.91 Å². The highest BCUT2D eigenvalue weighted by Crippen LogP contribution is 2.29. The first-order valence-electron chi connectivity index (χ1n) is 8.71. The number of rotatable bonds is 6. The summed E-state index contributed by atoms with van der Waals surface area (Å²) in [6.45, 7) is 4.04. The van der Waals surface area contributed by atoms with Gasteiger partial charge in [-0.15, -0.1) is 10.2 Å². The summed E-state index contributed by atoms with van der Waals surface area (Å²) >= 11 is 0. The first-order valence-corrected chi connectivity index (χ1v) is 8.71. The molecule has 1 heterocycles. The molecule has 7 heteroatoms. The number of anilines is 3. The minimum Gasteiger partial charge on any atom is -0.497 e. The van der Waals surface area contributed by atoms with Gasteiger partial charge in [-0.05, 0) is 55.3 Å². The molecule has 3 rings (SSSR count). The molecular weight excluding hydrogens is 356 g/mol. The van der Waals surface area contributed by atoms with Gasteiger partial charge in [0.2, 0.25) is 0 Å². The Bertz CT molecular complexity index is 987. The number of carbonyl (C=O) groups excluding carboxylic acids is 1. The average Bonchev–Trinajstić information content (AvgIpc) is 2.71. The predicted octanol–water partition coefficient (Wildman–Crippen LogP) is 4.11. The zero-order valence-corrected chi connectivity index (χ0v) is 16.2. The molecule has 144 valence electrons. The van der Waals surface area contributed by atoms with E-state index >= 15 is 0 Å². The fraction of sp³-hybridized carbons (Fsp3) is 0.190. The van der Waals surface area contributed by atoms with Gasteiger partial charge in [0.15, 0.2) is 11.5 Å². The molecule has 1 amide bonds. The molecule has 0 aliphatic heterocycles. The summed E-state index contributed by atoms with van der Waals surface area (Å²) < 4.78 is 10.5. The Morgan fingerprint density at radius 1 is 0.893 bits per heavy atom. The standard InChI is InChI=1S/C21H22N4O3/c1-13-5-6-14(2)17(11-13)22-20-10-8-16(24-25-20)21(26)23-18-12-15(27-3)7-9-19(18)28-4/h5-12H,1-4H3,(H,22,25)(H,23,26). The first kappa shape index (κ1) is 19.2. The fourth-order valence-electron chi connectivity index (χ4n) is 2.63. The van der Waals surface area contributed by atoms with Crippen LogP contribution in [0.25, 0.3) is 0 Å². The highest BCUT2D eigenvalue weighted by molar-refractivity contribution is 6.03. The van der Waals surface area contributed by atoms with Crippen molar-refractivity contribution in [3.05, 3.63) is 65.4 Å². The predicted molar refractivity (Wildman–Crippen MR) is 109 cm³/mol. The number of aryl methyl sites for hydroxylation is 2. The summed E-state index contributed by atoms with van der Waals surface area (Å²) in [5.74, 6) is 1.30. The van der Waals surface area contributed by atoms with E-state index in [1.807, 2.05) is 32.0 Å². The Balaban J connectivity index is 1.74. The number of nitrogens with zero attached hydrogens (tertiary/aromatic N) is 2. The van der Waals surface area contributed by atoms with Crippen LogP contribution in [0.5, 0.6) is 11.5 Å². The molecule has 0 bridgehead atoms. The molecule has 3 aromatic rings. The number of benzene rings is 2. The molecule has 0 saturated heterocycles. The molecule has 2 N–H and O–H groups in total. The van der Waals surface area contributed by atoms with Crippen LogP contribution in [0.2, 0.25) is 0 Å². The van der Waals surface area contributed by atoms with Crippen LogP contribution in [0.3, 0.4) is 0 Å². The minimum absolute atomic E-state index is 0.191. The third kappa shape index (κ3) is 4.37. The summed E-state index contributed by atoms with van der Waals surface area (Å²) in [5.41, 5.74) is 3.87. The number of aromatic nitrogens is 2. The number of hydrogen-bond donors (Lipinski definition) is 2. The van der Waals surface area contributed by atoms with Gasteiger partial charge in [0, 0.05) is 11.8 Å². The van der Waals surface area contributed by atoms with E-state index in [0.29, 0.717) is 23.0 Å².